The van der Waals surface area contributed by atoms with E-state index >= 15 is 0 Å². The van der Waals surface area contributed by atoms with Gasteiger partial charge in [0.05, 0.1) is 12.5 Å². The fourth-order valence-corrected chi connectivity index (χ4v) is 1.74. The number of carbonyl (C=O) groups excluding carboxylic acids is 1. The van der Waals surface area contributed by atoms with E-state index in [-0.39, 0.29) is 6.42 Å². The summed E-state index contributed by atoms with van der Waals surface area (Å²) in [5, 5.41) is 11.1. The lowest BCUT2D eigenvalue weighted by molar-refractivity contribution is -0.137. The lowest BCUT2D eigenvalue weighted by atomic mass is 10.0. The maximum Gasteiger partial charge on any atom is 0.312 e. The van der Waals surface area contributed by atoms with Crippen molar-refractivity contribution in [2.75, 3.05) is 0 Å². The summed E-state index contributed by atoms with van der Waals surface area (Å²) < 4.78 is 0.812. The number of benzene rings is 1. The van der Waals surface area contributed by atoms with Crippen LogP contribution in [0.1, 0.15) is 18.0 Å². The molecule has 4 N–H and O–H groups in total. The Morgan fingerprint density at radius 1 is 1.50 bits per heavy atom. The molecule has 0 spiro atoms. The molecule has 86 valence electrons. The normalized spacial score (nSPS) is 11.8. The van der Waals surface area contributed by atoms with Gasteiger partial charge in [-0.25, -0.2) is 4.79 Å². The number of hydrogen-bond acceptors (Lipinski definition) is 2. The highest BCUT2D eigenvalue weighted by atomic mass is 79.9. The van der Waals surface area contributed by atoms with Crippen LogP contribution in [0.3, 0.4) is 0 Å². The Labute approximate surface area is 101 Å². The molecule has 0 radical (unpaired) electrons. The van der Waals surface area contributed by atoms with Gasteiger partial charge in [0.15, 0.2) is 0 Å². The minimum atomic E-state index is -1.00. The Hall–Kier alpha value is -1.56. The van der Waals surface area contributed by atoms with Crippen molar-refractivity contribution in [3.63, 3.8) is 0 Å². The van der Waals surface area contributed by atoms with Gasteiger partial charge in [0.2, 0.25) is 0 Å². The Bertz CT molecular complexity index is 393. The number of hydrogen-bond donors (Lipinski definition) is 3. The number of primary amides is 1. The predicted octanol–water partition coefficient (Wildman–Crippen LogP) is 1.63. The van der Waals surface area contributed by atoms with Crippen LogP contribution in [0.25, 0.3) is 0 Å². The summed E-state index contributed by atoms with van der Waals surface area (Å²) in [6, 6.07) is 5.68. The van der Waals surface area contributed by atoms with E-state index in [0.717, 1.165) is 4.47 Å². The van der Waals surface area contributed by atoms with E-state index in [9.17, 15) is 9.59 Å². The quantitative estimate of drug-likeness (QED) is 0.785. The van der Waals surface area contributed by atoms with Crippen LogP contribution in [0.2, 0.25) is 0 Å². The van der Waals surface area contributed by atoms with E-state index in [1.165, 1.54) is 0 Å². The van der Waals surface area contributed by atoms with Gasteiger partial charge in [-0.15, -0.1) is 0 Å². The molecular formula is C10H11BrN2O3. The topological polar surface area (TPSA) is 92.4 Å². The molecule has 0 aliphatic heterocycles. The number of carboxylic acid groups (broad SMARTS) is 1. The van der Waals surface area contributed by atoms with E-state index in [4.69, 9.17) is 10.8 Å². The number of rotatable bonds is 4. The molecule has 0 aromatic heterocycles. The molecule has 1 rings (SSSR count). The van der Waals surface area contributed by atoms with Crippen molar-refractivity contribution in [1.29, 1.82) is 0 Å². The Balaban J connectivity index is 2.90. The maximum atomic E-state index is 10.8. The van der Waals surface area contributed by atoms with Crippen LogP contribution in [0.4, 0.5) is 4.79 Å². The molecule has 0 saturated carbocycles. The van der Waals surface area contributed by atoms with Gasteiger partial charge < -0.3 is 16.2 Å². The number of amides is 2. The number of nitrogens with two attached hydrogens (primary N) is 1. The highest BCUT2D eigenvalue weighted by Gasteiger charge is 2.16. The van der Waals surface area contributed by atoms with E-state index in [0.29, 0.717) is 5.56 Å². The fraction of sp³-hybridized carbons (Fsp3) is 0.200. The van der Waals surface area contributed by atoms with Crippen molar-refractivity contribution in [2.45, 2.75) is 12.5 Å². The minimum absolute atomic E-state index is 0.209. The largest absolute Gasteiger partial charge is 0.481 e. The van der Waals surface area contributed by atoms with Gasteiger partial charge in [-0.05, 0) is 17.7 Å². The lowest BCUT2D eigenvalue weighted by Gasteiger charge is -2.16. The van der Waals surface area contributed by atoms with Crippen LogP contribution in [-0.2, 0) is 4.79 Å². The van der Waals surface area contributed by atoms with Crippen molar-refractivity contribution in [2.24, 2.45) is 5.73 Å². The zero-order chi connectivity index (χ0) is 12.1. The third kappa shape index (κ3) is 3.90. The Morgan fingerprint density at radius 2 is 2.19 bits per heavy atom. The molecule has 0 unspecified atom stereocenters. The summed E-state index contributed by atoms with van der Waals surface area (Å²) in [7, 11) is 0. The molecular weight excluding hydrogens is 276 g/mol. The number of nitrogens with one attached hydrogen (secondary N) is 1. The van der Waals surface area contributed by atoms with Gasteiger partial charge in [0.25, 0.3) is 0 Å². The number of halogens is 1. The second kappa shape index (κ2) is 5.50. The molecule has 5 nitrogen and oxygen atoms in total. The van der Waals surface area contributed by atoms with Crippen LogP contribution in [-0.4, -0.2) is 17.1 Å². The van der Waals surface area contributed by atoms with Gasteiger partial charge in [-0.3, -0.25) is 4.79 Å². The van der Waals surface area contributed by atoms with E-state index in [1.807, 2.05) is 6.07 Å². The third-order valence-corrected chi connectivity index (χ3v) is 2.44. The molecule has 16 heavy (non-hydrogen) atoms. The highest BCUT2D eigenvalue weighted by Crippen LogP contribution is 2.20. The molecule has 6 heteroatoms. The fourth-order valence-electron chi connectivity index (χ4n) is 1.32. The minimum Gasteiger partial charge on any atom is -0.481 e. The molecule has 1 aromatic rings. The van der Waals surface area contributed by atoms with Gasteiger partial charge in [-0.2, -0.15) is 0 Å². The monoisotopic (exact) mass is 286 g/mol. The predicted molar refractivity (Wildman–Crippen MR) is 61.9 cm³/mol. The van der Waals surface area contributed by atoms with Gasteiger partial charge in [0, 0.05) is 4.47 Å². The third-order valence-electron chi connectivity index (χ3n) is 1.95. The number of carboxylic acids is 1. The first kappa shape index (κ1) is 12.5. The van der Waals surface area contributed by atoms with E-state index in [2.05, 4.69) is 21.2 Å². The second-order valence-corrected chi connectivity index (χ2v) is 4.13. The Kier molecular flexibility index (Phi) is 4.30. The molecule has 1 atom stereocenters. The first-order valence-corrected chi connectivity index (χ1v) is 5.31. The smallest absolute Gasteiger partial charge is 0.312 e. The average molecular weight is 287 g/mol. The summed E-state index contributed by atoms with van der Waals surface area (Å²) in [4.78, 5) is 21.4. The maximum absolute atomic E-state index is 10.8. The molecule has 2 amide bonds. The summed E-state index contributed by atoms with van der Waals surface area (Å²) in [5.41, 5.74) is 5.68. The van der Waals surface area contributed by atoms with Crippen LogP contribution in [0.5, 0.6) is 0 Å². The standard InChI is InChI=1S/C10H11BrN2O3/c11-7-3-1-2-6(4-7)8(5-9(14)15)13-10(12)16/h1-4,8H,5H2,(H,14,15)(H3,12,13,16)/t8-/m1/s1. The zero-order valence-corrected chi connectivity index (χ0v) is 9.90. The summed E-state index contributed by atoms with van der Waals surface area (Å²) in [6.07, 6.45) is -0.209. The van der Waals surface area contributed by atoms with Gasteiger partial charge in [0.1, 0.15) is 0 Å². The van der Waals surface area contributed by atoms with E-state index < -0.39 is 18.0 Å². The number of carbonyl (C=O) groups is 2. The molecule has 0 saturated heterocycles. The molecule has 1 aromatic carbocycles. The van der Waals surface area contributed by atoms with Crippen molar-refractivity contribution < 1.29 is 14.7 Å². The highest BCUT2D eigenvalue weighted by molar-refractivity contribution is 9.10. The molecule has 0 aliphatic rings. The average Bonchev–Trinajstić information content (AvgIpc) is 2.15. The van der Waals surface area contributed by atoms with Crippen molar-refractivity contribution in [3.8, 4) is 0 Å². The molecule has 0 heterocycles. The molecule has 0 aliphatic carbocycles. The van der Waals surface area contributed by atoms with Crippen molar-refractivity contribution in [1.82, 2.24) is 5.32 Å². The van der Waals surface area contributed by atoms with E-state index in [1.54, 1.807) is 18.2 Å². The summed E-state index contributed by atoms with van der Waals surface area (Å²) in [5.74, 6) is -1.00. The van der Waals surface area contributed by atoms with Gasteiger partial charge in [-0.1, -0.05) is 28.1 Å². The number of aliphatic carboxylic acids is 1. The van der Waals surface area contributed by atoms with Crippen LogP contribution < -0.4 is 11.1 Å². The molecule has 0 bridgehead atoms. The van der Waals surface area contributed by atoms with Crippen molar-refractivity contribution in [3.05, 3.63) is 34.3 Å². The van der Waals surface area contributed by atoms with Crippen molar-refractivity contribution >= 4 is 27.9 Å². The summed E-state index contributed by atoms with van der Waals surface area (Å²) in [6.45, 7) is 0. The Morgan fingerprint density at radius 3 is 2.69 bits per heavy atom. The molecule has 0 fully saturated rings. The first-order valence-electron chi connectivity index (χ1n) is 4.52. The number of urea groups is 1. The van der Waals surface area contributed by atoms with Crippen LogP contribution in [0.15, 0.2) is 28.7 Å². The second-order valence-electron chi connectivity index (χ2n) is 3.21. The first-order chi connectivity index (χ1) is 7.49. The van der Waals surface area contributed by atoms with Gasteiger partial charge >= 0.3 is 12.0 Å². The lowest BCUT2D eigenvalue weighted by Crippen LogP contribution is -2.34. The zero-order valence-electron chi connectivity index (χ0n) is 8.31. The van der Waals surface area contributed by atoms with Crippen LogP contribution >= 0.6 is 15.9 Å². The summed E-state index contributed by atoms with van der Waals surface area (Å²) >= 11 is 3.27. The SMILES string of the molecule is NC(=O)N[C@H](CC(=O)O)c1cccc(Br)c1. The van der Waals surface area contributed by atoms with Crippen LogP contribution in [0, 0.1) is 0 Å².